The van der Waals surface area contributed by atoms with Crippen LogP contribution in [0.2, 0.25) is 0 Å². The van der Waals surface area contributed by atoms with Crippen molar-refractivity contribution in [2.24, 2.45) is 0 Å². The number of nitrogens with one attached hydrogen (secondary N) is 1. The molecular weight excluding hydrogens is 230 g/mol. The Morgan fingerprint density at radius 2 is 2.44 bits per heavy atom. The molecule has 0 radical (unpaired) electrons. The summed E-state index contributed by atoms with van der Waals surface area (Å²) in [5.74, 6) is 0.740. The summed E-state index contributed by atoms with van der Waals surface area (Å²) in [6, 6.07) is 5.43. The lowest BCUT2D eigenvalue weighted by Gasteiger charge is -2.31. The van der Waals surface area contributed by atoms with Gasteiger partial charge in [-0.2, -0.15) is 5.10 Å². The number of carbonyl (C=O) groups excluding carboxylic acids is 1. The van der Waals surface area contributed by atoms with Crippen LogP contribution in [-0.4, -0.2) is 34.1 Å². The molecule has 18 heavy (non-hydrogen) atoms. The summed E-state index contributed by atoms with van der Waals surface area (Å²) in [6.45, 7) is 1.52. The average Bonchev–Trinajstić information content (AvgIpc) is 3.11. The van der Waals surface area contributed by atoms with E-state index in [0.29, 0.717) is 11.7 Å². The van der Waals surface area contributed by atoms with E-state index in [1.807, 2.05) is 11.0 Å². The van der Waals surface area contributed by atoms with Crippen molar-refractivity contribution in [3.05, 3.63) is 42.1 Å². The molecule has 5 nitrogen and oxygen atoms in total. The van der Waals surface area contributed by atoms with Gasteiger partial charge in [0.25, 0.3) is 5.91 Å². The quantitative estimate of drug-likeness (QED) is 0.880. The van der Waals surface area contributed by atoms with Crippen LogP contribution in [0.25, 0.3) is 0 Å². The molecule has 0 aromatic carbocycles. The Labute approximate surface area is 105 Å². The van der Waals surface area contributed by atoms with Gasteiger partial charge in [0.15, 0.2) is 5.76 Å². The Balaban J connectivity index is 1.73. The first-order valence-corrected chi connectivity index (χ1v) is 6.16. The lowest BCUT2D eigenvalue weighted by atomic mass is 9.95. The summed E-state index contributed by atoms with van der Waals surface area (Å²) in [6.07, 6.45) is 5.38. The van der Waals surface area contributed by atoms with Gasteiger partial charge in [-0.3, -0.25) is 9.89 Å². The number of carbonyl (C=O) groups is 1. The summed E-state index contributed by atoms with van der Waals surface area (Å²) in [7, 11) is 0. The van der Waals surface area contributed by atoms with Gasteiger partial charge >= 0.3 is 0 Å². The second-order valence-electron chi connectivity index (χ2n) is 4.58. The normalized spacial score (nSPS) is 20.0. The summed E-state index contributed by atoms with van der Waals surface area (Å²) in [4.78, 5) is 14.0. The van der Waals surface area contributed by atoms with Crippen LogP contribution < -0.4 is 0 Å². The molecule has 1 N–H and O–H groups in total. The molecule has 1 unspecified atom stereocenters. The van der Waals surface area contributed by atoms with Crippen LogP contribution in [-0.2, 0) is 0 Å². The molecule has 1 fully saturated rings. The first-order valence-electron chi connectivity index (χ1n) is 6.16. The Hall–Kier alpha value is -2.04. The maximum atomic E-state index is 12.2. The SMILES string of the molecule is O=C(c1ccco1)N1CCCC(c2ccn[nH]2)C1. The lowest BCUT2D eigenvalue weighted by molar-refractivity contribution is 0.0673. The zero-order valence-electron chi connectivity index (χ0n) is 10.0. The predicted octanol–water partition coefficient (Wildman–Crippen LogP) is 2.02. The molecular formula is C13H15N3O2. The molecule has 3 heterocycles. The van der Waals surface area contributed by atoms with Crippen molar-refractivity contribution >= 4 is 5.91 Å². The number of amides is 1. The van der Waals surface area contributed by atoms with Crippen molar-refractivity contribution in [3.63, 3.8) is 0 Å². The van der Waals surface area contributed by atoms with Crippen LogP contribution in [0.5, 0.6) is 0 Å². The number of aromatic nitrogens is 2. The maximum Gasteiger partial charge on any atom is 0.289 e. The first kappa shape index (κ1) is 11.1. The van der Waals surface area contributed by atoms with Gasteiger partial charge in [0.1, 0.15) is 0 Å². The van der Waals surface area contributed by atoms with Gasteiger partial charge in [-0.25, -0.2) is 0 Å². The second-order valence-corrected chi connectivity index (χ2v) is 4.58. The van der Waals surface area contributed by atoms with Crippen LogP contribution in [0.1, 0.15) is 35.0 Å². The standard InChI is InChI=1S/C13H15N3O2/c17-13(12-4-2-8-18-12)16-7-1-3-10(9-16)11-5-6-14-15-11/h2,4-6,8,10H,1,3,7,9H2,(H,14,15). The second kappa shape index (κ2) is 4.68. The molecule has 2 aromatic heterocycles. The molecule has 0 spiro atoms. The number of H-pyrrole nitrogens is 1. The third-order valence-corrected chi connectivity index (χ3v) is 3.40. The predicted molar refractivity (Wildman–Crippen MR) is 65.2 cm³/mol. The van der Waals surface area contributed by atoms with Crippen molar-refractivity contribution in [3.8, 4) is 0 Å². The number of nitrogens with zero attached hydrogens (tertiary/aromatic N) is 2. The third kappa shape index (κ3) is 2.03. The minimum Gasteiger partial charge on any atom is -0.459 e. The Kier molecular flexibility index (Phi) is 2.88. The number of likely N-dealkylation sites (tertiary alicyclic amines) is 1. The van der Waals surface area contributed by atoms with Crippen molar-refractivity contribution < 1.29 is 9.21 Å². The topological polar surface area (TPSA) is 62.1 Å². The van der Waals surface area contributed by atoms with Crippen LogP contribution in [0.3, 0.4) is 0 Å². The minimum absolute atomic E-state index is 0.0239. The highest BCUT2D eigenvalue weighted by Gasteiger charge is 2.27. The summed E-state index contributed by atoms with van der Waals surface area (Å²) < 4.78 is 5.16. The van der Waals surface area contributed by atoms with Crippen LogP contribution >= 0.6 is 0 Å². The van der Waals surface area contributed by atoms with E-state index in [-0.39, 0.29) is 5.91 Å². The monoisotopic (exact) mass is 245 g/mol. The van der Waals surface area contributed by atoms with E-state index in [9.17, 15) is 4.79 Å². The molecule has 0 aliphatic carbocycles. The van der Waals surface area contributed by atoms with E-state index in [1.165, 1.54) is 6.26 Å². The van der Waals surface area contributed by atoms with Gasteiger partial charge in [-0.1, -0.05) is 0 Å². The van der Waals surface area contributed by atoms with E-state index < -0.39 is 0 Å². The minimum atomic E-state index is -0.0239. The van der Waals surface area contributed by atoms with Crippen molar-refractivity contribution in [2.75, 3.05) is 13.1 Å². The first-order chi connectivity index (χ1) is 8.84. The van der Waals surface area contributed by atoms with Gasteiger partial charge in [-0.15, -0.1) is 0 Å². The molecule has 0 bridgehead atoms. The summed E-state index contributed by atoms with van der Waals surface area (Å²) in [5.41, 5.74) is 1.10. The van der Waals surface area contributed by atoms with E-state index >= 15 is 0 Å². The number of furan rings is 1. The van der Waals surface area contributed by atoms with Gasteiger partial charge in [0, 0.05) is 30.9 Å². The summed E-state index contributed by atoms with van der Waals surface area (Å²) >= 11 is 0. The summed E-state index contributed by atoms with van der Waals surface area (Å²) in [5, 5.41) is 6.96. The molecule has 2 aromatic rings. The van der Waals surface area contributed by atoms with Crippen LogP contribution in [0.4, 0.5) is 0 Å². The number of rotatable bonds is 2. The molecule has 1 atom stereocenters. The molecule has 94 valence electrons. The highest BCUT2D eigenvalue weighted by atomic mass is 16.3. The highest BCUT2D eigenvalue weighted by molar-refractivity contribution is 5.91. The van der Waals surface area contributed by atoms with Crippen LogP contribution in [0, 0.1) is 0 Å². The fourth-order valence-electron chi connectivity index (χ4n) is 2.47. The van der Waals surface area contributed by atoms with Gasteiger partial charge in [-0.05, 0) is 31.0 Å². The molecule has 3 rings (SSSR count). The smallest absolute Gasteiger partial charge is 0.289 e. The van der Waals surface area contributed by atoms with Crippen molar-refractivity contribution in [1.29, 1.82) is 0 Å². The zero-order chi connectivity index (χ0) is 12.4. The highest BCUT2D eigenvalue weighted by Crippen LogP contribution is 2.26. The molecule has 1 aliphatic heterocycles. The maximum absolute atomic E-state index is 12.2. The Morgan fingerprint density at radius 3 is 3.17 bits per heavy atom. The number of hydrogen-bond donors (Lipinski definition) is 1. The Morgan fingerprint density at radius 1 is 1.50 bits per heavy atom. The number of hydrogen-bond acceptors (Lipinski definition) is 3. The molecule has 5 heteroatoms. The molecule has 1 aliphatic rings. The average molecular weight is 245 g/mol. The lowest BCUT2D eigenvalue weighted by Crippen LogP contribution is -2.39. The van der Waals surface area contributed by atoms with Crippen LogP contribution in [0.15, 0.2) is 35.1 Å². The third-order valence-electron chi connectivity index (χ3n) is 3.40. The van der Waals surface area contributed by atoms with E-state index in [0.717, 1.165) is 31.6 Å². The van der Waals surface area contributed by atoms with E-state index in [2.05, 4.69) is 10.2 Å². The zero-order valence-corrected chi connectivity index (χ0v) is 10.0. The van der Waals surface area contributed by atoms with E-state index in [4.69, 9.17) is 4.42 Å². The van der Waals surface area contributed by atoms with Gasteiger partial charge in [0.2, 0.25) is 0 Å². The van der Waals surface area contributed by atoms with Crippen molar-refractivity contribution in [2.45, 2.75) is 18.8 Å². The molecule has 1 amide bonds. The molecule has 1 saturated heterocycles. The number of piperidine rings is 1. The fourth-order valence-corrected chi connectivity index (χ4v) is 2.47. The van der Waals surface area contributed by atoms with Crippen molar-refractivity contribution in [1.82, 2.24) is 15.1 Å². The van der Waals surface area contributed by atoms with E-state index in [1.54, 1.807) is 18.3 Å². The largest absolute Gasteiger partial charge is 0.459 e. The number of aromatic amines is 1. The molecule has 0 saturated carbocycles. The Bertz CT molecular complexity index is 504. The van der Waals surface area contributed by atoms with Gasteiger partial charge in [0.05, 0.1) is 6.26 Å². The van der Waals surface area contributed by atoms with Gasteiger partial charge < -0.3 is 9.32 Å². The fraction of sp³-hybridized carbons (Fsp3) is 0.385.